The third-order valence-corrected chi connectivity index (χ3v) is 5.95. The summed E-state index contributed by atoms with van der Waals surface area (Å²) in [5, 5.41) is 13.2. The van der Waals surface area contributed by atoms with Crippen LogP contribution in [0.2, 0.25) is 0 Å². The summed E-state index contributed by atoms with van der Waals surface area (Å²) in [6.07, 6.45) is 0.269. The summed E-state index contributed by atoms with van der Waals surface area (Å²) in [7, 11) is 0. The van der Waals surface area contributed by atoms with Gasteiger partial charge in [0.25, 0.3) is 0 Å². The van der Waals surface area contributed by atoms with Crippen molar-refractivity contribution in [2.75, 3.05) is 23.3 Å². The van der Waals surface area contributed by atoms with Gasteiger partial charge in [-0.05, 0) is 19.3 Å². The zero-order valence-corrected chi connectivity index (χ0v) is 14.6. The van der Waals surface area contributed by atoms with Crippen LogP contribution in [0, 0.1) is 5.92 Å². The van der Waals surface area contributed by atoms with E-state index in [1.54, 1.807) is 0 Å². The molecule has 1 heterocycles. The van der Waals surface area contributed by atoms with E-state index >= 15 is 0 Å². The predicted octanol–water partition coefficient (Wildman–Crippen LogP) is 1.98. The lowest BCUT2D eigenvalue weighted by Gasteiger charge is -2.30. The van der Waals surface area contributed by atoms with Crippen molar-refractivity contribution >= 4 is 29.4 Å². The van der Waals surface area contributed by atoms with Gasteiger partial charge in [0.2, 0.25) is 5.91 Å². The van der Waals surface area contributed by atoms with E-state index < -0.39 is 6.10 Å². The van der Waals surface area contributed by atoms with Gasteiger partial charge in [0.1, 0.15) is 0 Å². The van der Waals surface area contributed by atoms with E-state index in [4.69, 9.17) is 0 Å². The van der Waals surface area contributed by atoms with Crippen molar-refractivity contribution < 1.29 is 9.90 Å². The molecule has 6 heteroatoms. The average Bonchev–Trinajstić information content (AvgIpc) is 2.71. The number of amides is 1. The highest BCUT2D eigenvalue weighted by Crippen LogP contribution is 2.19. The Morgan fingerprint density at radius 3 is 2.25 bits per heavy atom. The van der Waals surface area contributed by atoms with Gasteiger partial charge in [-0.2, -0.15) is 0 Å². The Morgan fingerprint density at radius 1 is 1.25 bits per heavy atom. The molecular formula is C14H28N2O2S2. The van der Waals surface area contributed by atoms with Crippen molar-refractivity contribution in [2.24, 2.45) is 5.92 Å². The number of aliphatic hydroxyl groups excluding tert-OH is 1. The maximum atomic E-state index is 12.4. The molecule has 0 aromatic carbocycles. The van der Waals surface area contributed by atoms with Gasteiger partial charge in [-0.3, -0.25) is 9.69 Å². The first-order chi connectivity index (χ1) is 9.47. The largest absolute Gasteiger partial charge is 0.391 e. The summed E-state index contributed by atoms with van der Waals surface area (Å²) in [5.74, 6) is 4.30. The van der Waals surface area contributed by atoms with Crippen LogP contribution in [0.4, 0.5) is 0 Å². The smallest absolute Gasteiger partial charge is 0.237 e. The number of thioether (sulfide) groups is 2. The lowest BCUT2D eigenvalue weighted by molar-refractivity contribution is -0.127. The molecule has 0 aliphatic carbocycles. The second-order valence-corrected chi connectivity index (χ2v) is 7.75. The fourth-order valence-corrected chi connectivity index (χ4v) is 4.52. The Morgan fingerprint density at radius 2 is 1.80 bits per heavy atom. The van der Waals surface area contributed by atoms with Crippen LogP contribution in [0.25, 0.3) is 0 Å². The van der Waals surface area contributed by atoms with Crippen LogP contribution in [0.3, 0.4) is 0 Å². The van der Waals surface area contributed by atoms with Gasteiger partial charge in [-0.25, -0.2) is 0 Å². The molecule has 3 atom stereocenters. The van der Waals surface area contributed by atoms with E-state index in [9.17, 15) is 9.90 Å². The van der Waals surface area contributed by atoms with Crippen LogP contribution >= 0.6 is 23.5 Å². The van der Waals surface area contributed by atoms with Crippen LogP contribution in [0.5, 0.6) is 0 Å². The summed E-state index contributed by atoms with van der Waals surface area (Å²) in [6.45, 7) is 7.91. The summed E-state index contributed by atoms with van der Waals surface area (Å²) >= 11 is 3.76. The highest BCUT2D eigenvalue weighted by Gasteiger charge is 2.27. The SMILES string of the molecule is CCC(NC(=O)C(C)N1CSCCSC1)C(O)C(C)C. The molecular weight excluding hydrogens is 292 g/mol. The van der Waals surface area contributed by atoms with Crippen molar-refractivity contribution in [1.29, 1.82) is 0 Å². The molecule has 0 spiro atoms. The number of carbonyl (C=O) groups is 1. The first-order valence-electron chi connectivity index (χ1n) is 7.35. The Bertz CT molecular complexity index is 295. The van der Waals surface area contributed by atoms with Crippen molar-refractivity contribution in [1.82, 2.24) is 10.2 Å². The molecule has 1 rings (SSSR count). The van der Waals surface area contributed by atoms with E-state index in [0.29, 0.717) is 0 Å². The Hall–Kier alpha value is 0.0900. The average molecular weight is 321 g/mol. The second-order valence-electron chi connectivity index (χ2n) is 5.60. The third kappa shape index (κ3) is 5.47. The minimum atomic E-state index is -0.482. The third-order valence-electron chi connectivity index (χ3n) is 3.68. The molecule has 3 unspecified atom stereocenters. The fraction of sp³-hybridized carbons (Fsp3) is 0.929. The highest BCUT2D eigenvalue weighted by atomic mass is 32.2. The zero-order chi connectivity index (χ0) is 15.1. The zero-order valence-electron chi connectivity index (χ0n) is 13.0. The number of carbonyl (C=O) groups excluding carboxylic acids is 1. The molecule has 4 nitrogen and oxygen atoms in total. The summed E-state index contributed by atoms with van der Waals surface area (Å²) in [4.78, 5) is 14.6. The number of rotatable bonds is 6. The molecule has 0 bridgehead atoms. The van der Waals surface area contributed by atoms with Crippen molar-refractivity contribution in [3.05, 3.63) is 0 Å². The van der Waals surface area contributed by atoms with Gasteiger partial charge in [0, 0.05) is 23.3 Å². The van der Waals surface area contributed by atoms with E-state index in [1.807, 2.05) is 51.2 Å². The van der Waals surface area contributed by atoms with Gasteiger partial charge in [0.05, 0.1) is 18.2 Å². The highest BCUT2D eigenvalue weighted by molar-refractivity contribution is 8.03. The summed E-state index contributed by atoms with van der Waals surface area (Å²) < 4.78 is 0. The first kappa shape index (κ1) is 18.1. The molecule has 0 aromatic rings. The minimum absolute atomic E-state index is 0.0275. The Labute approximate surface area is 131 Å². The van der Waals surface area contributed by atoms with Crippen molar-refractivity contribution in [2.45, 2.75) is 52.3 Å². The molecule has 1 aliphatic heterocycles. The van der Waals surface area contributed by atoms with E-state index in [2.05, 4.69) is 10.2 Å². The molecule has 0 radical (unpaired) electrons. The van der Waals surface area contributed by atoms with Crippen LogP contribution in [-0.2, 0) is 4.79 Å². The van der Waals surface area contributed by atoms with E-state index in [0.717, 1.165) is 29.7 Å². The number of aliphatic hydroxyl groups is 1. The normalized spacial score (nSPS) is 22.1. The summed E-state index contributed by atoms with van der Waals surface area (Å²) in [5.41, 5.74) is 0. The van der Waals surface area contributed by atoms with Crippen LogP contribution in [0.15, 0.2) is 0 Å². The van der Waals surface area contributed by atoms with Gasteiger partial charge < -0.3 is 10.4 Å². The maximum absolute atomic E-state index is 12.4. The first-order valence-corrected chi connectivity index (χ1v) is 9.66. The Kier molecular flexibility index (Phi) is 8.32. The molecule has 2 N–H and O–H groups in total. The molecule has 0 saturated carbocycles. The van der Waals surface area contributed by atoms with Gasteiger partial charge in [-0.1, -0.05) is 20.8 Å². The fourth-order valence-electron chi connectivity index (χ4n) is 2.11. The molecule has 20 heavy (non-hydrogen) atoms. The molecule has 1 amide bonds. The quantitative estimate of drug-likeness (QED) is 0.784. The molecule has 1 fully saturated rings. The number of hydrogen-bond acceptors (Lipinski definition) is 5. The molecule has 0 aromatic heterocycles. The molecule has 1 saturated heterocycles. The number of nitrogens with zero attached hydrogens (tertiary/aromatic N) is 1. The number of hydrogen-bond donors (Lipinski definition) is 2. The monoisotopic (exact) mass is 320 g/mol. The van der Waals surface area contributed by atoms with Crippen LogP contribution in [0.1, 0.15) is 34.1 Å². The van der Waals surface area contributed by atoms with Crippen LogP contribution < -0.4 is 5.32 Å². The molecule has 118 valence electrons. The molecule has 1 aliphatic rings. The minimum Gasteiger partial charge on any atom is -0.391 e. The van der Waals surface area contributed by atoms with E-state index in [-0.39, 0.29) is 23.9 Å². The van der Waals surface area contributed by atoms with Crippen LogP contribution in [-0.4, -0.2) is 57.4 Å². The lowest BCUT2D eigenvalue weighted by atomic mass is 9.97. The number of nitrogens with one attached hydrogen (secondary N) is 1. The van der Waals surface area contributed by atoms with Crippen molar-refractivity contribution in [3.8, 4) is 0 Å². The topological polar surface area (TPSA) is 52.6 Å². The van der Waals surface area contributed by atoms with Gasteiger partial charge >= 0.3 is 0 Å². The van der Waals surface area contributed by atoms with Crippen molar-refractivity contribution in [3.63, 3.8) is 0 Å². The van der Waals surface area contributed by atoms with Gasteiger partial charge in [0.15, 0.2) is 0 Å². The second kappa shape index (κ2) is 9.18. The van der Waals surface area contributed by atoms with Gasteiger partial charge in [-0.15, -0.1) is 23.5 Å². The summed E-state index contributed by atoms with van der Waals surface area (Å²) in [6, 6.07) is -0.293. The standard InChI is InChI=1S/C14H28N2O2S2/c1-5-12(13(17)10(2)3)15-14(18)11(4)16-8-19-6-7-20-9-16/h10-13,17H,5-9H2,1-4H3,(H,15,18). The maximum Gasteiger partial charge on any atom is 0.237 e. The van der Waals surface area contributed by atoms with E-state index in [1.165, 1.54) is 0 Å². The predicted molar refractivity (Wildman–Crippen MR) is 89.0 cm³/mol. The Balaban J connectivity index is 2.54. The lowest BCUT2D eigenvalue weighted by Crippen LogP contribution is -2.52.